The molecule has 4 fully saturated rings. The number of benzene rings is 2. The van der Waals surface area contributed by atoms with Gasteiger partial charge in [0.2, 0.25) is 11.8 Å². The van der Waals surface area contributed by atoms with Gasteiger partial charge in [-0.15, -0.1) is 0 Å². The zero-order valence-electron chi connectivity index (χ0n) is 36.7. The van der Waals surface area contributed by atoms with Gasteiger partial charge in [-0.1, -0.05) is 59.7 Å². The van der Waals surface area contributed by atoms with Crippen molar-refractivity contribution in [3.8, 4) is 16.9 Å². The largest absolute Gasteiger partial charge is 0.496 e. The summed E-state index contributed by atoms with van der Waals surface area (Å²) in [4.78, 5) is 51.1. The first-order valence-corrected chi connectivity index (χ1v) is 20.7. The number of fused-ring (bicyclic) bond motifs is 2. The minimum absolute atomic E-state index is 0.0278. The van der Waals surface area contributed by atoms with Crippen LogP contribution in [0.2, 0.25) is 0 Å². The molecule has 6 rings (SSSR count). The summed E-state index contributed by atoms with van der Waals surface area (Å²) in [6.45, 7) is 17.6. The highest BCUT2D eigenvalue weighted by molar-refractivity contribution is 5.97. The molecule has 0 spiro atoms. The first kappa shape index (κ1) is 44.4. The molecule has 1 unspecified atom stereocenters. The molecule has 0 radical (unpaired) electrons. The van der Waals surface area contributed by atoms with E-state index in [2.05, 4.69) is 62.4 Å². The lowest BCUT2D eigenvalue weighted by atomic mass is 9.45. The summed E-state index contributed by atoms with van der Waals surface area (Å²) in [7, 11) is 9.55. The van der Waals surface area contributed by atoms with Gasteiger partial charge >= 0.3 is 0 Å². The van der Waals surface area contributed by atoms with Gasteiger partial charge < -0.3 is 35.6 Å². The Balaban J connectivity index is 1.48. The van der Waals surface area contributed by atoms with Gasteiger partial charge in [-0.3, -0.25) is 19.2 Å². The molecular weight excluding hydrogens is 721 g/mol. The van der Waals surface area contributed by atoms with Crippen molar-refractivity contribution >= 4 is 23.4 Å². The van der Waals surface area contributed by atoms with Crippen LogP contribution in [-0.2, 0) is 21.0 Å². The van der Waals surface area contributed by atoms with Crippen LogP contribution in [-0.4, -0.2) is 112 Å². The molecule has 12 heteroatoms. The second-order valence-electron chi connectivity index (χ2n) is 19.3. The molecule has 57 heavy (non-hydrogen) atoms. The van der Waals surface area contributed by atoms with E-state index in [9.17, 15) is 19.5 Å². The van der Waals surface area contributed by atoms with E-state index in [4.69, 9.17) is 9.57 Å². The summed E-state index contributed by atoms with van der Waals surface area (Å²) in [5.74, 6) is 0.858. The van der Waals surface area contributed by atoms with E-state index in [1.54, 1.807) is 19.1 Å². The lowest BCUT2D eigenvalue weighted by Crippen LogP contribution is -2.62. The molecule has 9 atom stereocenters. The van der Waals surface area contributed by atoms with Crippen LogP contribution in [0.4, 0.5) is 5.69 Å². The van der Waals surface area contributed by atoms with E-state index < -0.39 is 24.2 Å². The number of nitrogens with zero attached hydrogens (tertiary/aromatic N) is 3. The predicted octanol–water partition coefficient (Wildman–Crippen LogP) is 5.33. The number of nitrogens with one attached hydrogen (secondary N) is 3. The van der Waals surface area contributed by atoms with Crippen LogP contribution >= 0.6 is 0 Å². The number of methoxy groups -OCH3 is 1. The van der Waals surface area contributed by atoms with E-state index in [1.807, 2.05) is 69.5 Å². The number of amides is 3. The van der Waals surface area contributed by atoms with Gasteiger partial charge in [0.1, 0.15) is 17.9 Å². The molecule has 2 aromatic rings. The third-order valence-electron chi connectivity index (χ3n) is 12.8. The van der Waals surface area contributed by atoms with E-state index in [1.165, 1.54) is 13.3 Å². The number of aliphatic hydroxyl groups is 1. The number of hydroxylamine groups is 2. The smallest absolute Gasteiger partial charge is 0.251 e. The molecular formula is C45H70N6O6. The molecule has 3 saturated carbocycles. The SMILES string of the molecule is COc1c(CN2O[C@@H](CNC(C)=O)[C@@H]([C@H](C)O)[C@H]2C(=O)N[C@H]2C[C@H]3C[C@@H](C2C)C3(C)C)cccc1-c1cc(C(=O)N[C@H](CN(C)C)CC(C)(C)C)cc(N(C)C)c1. The monoisotopic (exact) mass is 791 g/mol. The number of hydrogen-bond donors (Lipinski definition) is 4. The highest BCUT2D eigenvalue weighted by Crippen LogP contribution is 2.61. The van der Waals surface area contributed by atoms with Gasteiger partial charge in [-0.05, 0) is 92.6 Å². The Hall–Kier alpha value is -3.71. The Morgan fingerprint density at radius 1 is 1.09 bits per heavy atom. The van der Waals surface area contributed by atoms with Crippen LogP contribution in [0.25, 0.3) is 11.1 Å². The van der Waals surface area contributed by atoms with Gasteiger partial charge in [0, 0.05) is 74.5 Å². The van der Waals surface area contributed by atoms with Crippen molar-refractivity contribution in [1.82, 2.24) is 25.9 Å². The highest BCUT2D eigenvalue weighted by atomic mass is 16.7. The third kappa shape index (κ3) is 10.1. The Labute approximate surface area is 341 Å². The second-order valence-corrected chi connectivity index (χ2v) is 19.3. The van der Waals surface area contributed by atoms with Crippen LogP contribution in [0.3, 0.4) is 0 Å². The number of ether oxygens (including phenoxy) is 1. The average molecular weight is 791 g/mol. The molecule has 4 N–H and O–H groups in total. The number of rotatable bonds is 15. The Kier molecular flexibility index (Phi) is 13.7. The maximum atomic E-state index is 14.5. The molecule has 316 valence electrons. The van der Waals surface area contributed by atoms with Crippen molar-refractivity contribution in [2.24, 2.45) is 34.5 Å². The zero-order chi connectivity index (χ0) is 42.1. The fraction of sp³-hybridized carbons (Fsp3) is 0.667. The van der Waals surface area contributed by atoms with E-state index in [0.717, 1.165) is 41.8 Å². The Morgan fingerprint density at radius 2 is 1.79 bits per heavy atom. The molecule has 1 heterocycles. The summed E-state index contributed by atoms with van der Waals surface area (Å²) < 4.78 is 6.14. The Bertz CT molecular complexity index is 1750. The van der Waals surface area contributed by atoms with Crippen molar-refractivity contribution in [2.75, 3.05) is 53.3 Å². The first-order chi connectivity index (χ1) is 26.6. The number of carbonyl (C=O) groups is 3. The maximum Gasteiger partial charge on any atom is 0.251 e. The van der Waals surface area contributed by atoms with Crippen molar-refractivity contribution in [3.63, 3.8) is 0 Å². The van der Waals surface area contributed by atoms with Gasteiger partial charge in [0.15, 0.2) is 0 Å². The molecule has 2 aromatic carbocycles. The highest BCUT2D eigenvalue weighted by Gasteiger charge is 2.57. The second kappa shape index (κ2) is 17.6. The van der Waals surface area contributed by atoms with Gasteiger partial charge in [-0.2, -0.15) is 5.06 Å². The molecule has 12 nitrogen and oxygen atoms in total. The molecule has 3 amide bonds. The van der Waals surface area contributed by atoms with Crippen molar-refractivity contribution in [3.05, 3.63) is 47.5 Å². The lowest BCUT2D eigenvalue weighted by Gasteiger charge is -2.62. The number of aliphatic hydroxyl groups excluding tert-OH is 1. The Morgan fingerprint density at radius 3 is 2.35 bits per heavy atom. The van der Waals surface area contributed by atoms with Crippen LogP contribution in [0, 0.1) is 34.5 Å². The van der Waals surface area contributed by atoms with Gasteiger partial charge in [0.25, 0.3) is 5.91 Å². The number of carbonyl (C=O) groups excluding carboxylic acids is 3. The summed E-state index contributed by atoms with van der Waals surface area (Å²) in [5.41, 5.74) is 4.06. The van der Waals surface area contributed by atoms with E-state index >= 15 is 0 Å². The quantitative estimate of drug-likeness (QED) is 0.189. The fourth-order valence-electron chi connectivity index (χ4n) is 9.86. The average Bonchev–Trinajstić information content (AvgIpc) is 3.48. The minimum atomic E-state index is -0.895. The third-order valence-corrected chi connectivity index (χ3v) is 12.8. The molecule has 4 aliphatic rings. The lowest BCUT2D eigenvalue weighted by molar-refractivity contribution is -0.177. The van der Waals surface area contributed by atoms with E-state index in [-0.39, 0.29) is 53.7 Å². The maximum absolute atomic E-state index is 14.5. The van der Waals surface area contributed by atoms with E-state index in [0.29, 0.717) is 29.1 Å². The number of likely N-dealkylation sites (N-methyl/N-ethyl adjacent to an activating group) is 1. The normalized spacial score (nSPS) is 26.6. The summed E-state index contributed by atoms with van der Waals surface area (Å²) in [6, 6.07) is 10.9. The molecule has 3 aliphatic carbocycles. The van der Waals surface area contributed by atoms with Crippen molar-refractivity contribution < 1.29 is 29.1 Å². The molecule has 0 aromatic heterocycles. The molecule has 1 aliphatic heterocycles. The molecule has 1 saturated heterocycles. The van der Waals surface area contributed by atoms with Gasteiger partial charge in [0.05, 0.1) is 19.8 Å². The first-order valence-electron chi connectivity index (χ1n) is 20.7. The van der Waals surface area contributed by atoms with Gasteiger partial charge in [-0.25, -0.2) is 0 Å². The zero-order valence-corrected chi connectivity index (χ0v) is 36.7. The van der Waals surface area contributed by atoms with Crippen LogP contribution < -0.4 is 25.6 Å². The standard InChI is InChI=1S/C45H70N6O6/c1-26-36-20-32(45(36,7)8)21-37(26)48-43(55)40-39(27(2)52)38(23-46-28(3)53)57-51(40)24-29-15-14-16-35(41(29)56-13)30-17-31(19-34(18-30)50(11)12)42(54)47-33(25-49(9)10)22-44(4,5)6/h14-19,26-27,32-33,36-40,52H,20-25H2,1-13H3,(H,46,53)(H,47,54)(H,48,55)/t26?,27-,32+,33-,36-,37-,38-,39+,40-/m0/s1. The van der Waals surface area contributed by atoms with Crippen LogP contribution in [0.15, 0.2) is 36.4 Å². The minimum Gasteiger partial charge on any atom is -0.496 e. The van der Waals surface area contributed by atoms with Crippen LogP contribution in [0.1, 0.15) is 90.6 Å². The number of hydrogen-bond acceptors (Lipinski definition) is 9. The summed E-state index contributed by atoms with van der Waals surface area (Å²) in [6.07, 6.45) is 1.41. The van der Waals surface area contributed by atoms with Crippen molar-refractivity contribution in [1.29, 1.82) is 0 Å². The van der Waals surface area contributed by atoms with Crippen LogP contribution in [0.5, 0.6) is 5.75 Å². The predicted molar refractivity (Wildman–Crippen MR) is 226 cm³/mol. The fourth-order valence-corrected chi connectivity index (χ4v) is 9.86. The number of anilines is 1. The topological polar surface area (TPSA) is 136 Å². The summed E-state index contributed by atoms with van der Waals surface area (Å²) in [5, 5.41) is 22.4. The van der Waals surface area contributed by atoms with Crippen molar-refractivity contribution in [2.45, 2.75) is 112 Å². The summed E-state index contributed by atoms with van der Waals surface area (Å²) >= 11 is 0. The number of para-hydroxylation sites is 1. The molecule has 2 bridgehead atoms.